The highest BCUT2D eigenvalue weighted by Crippen LogP contribution is 2.36. The van der Waals surface area contributed by atoms with Crippen molar-refractivity contribution in [3.8, 4) is 5.75 Å². The number of nitrogens with zero attached hydrogens (tertiary/aromatic N) is 2. The van der Waals surface area contributed by atoms with Gasteiger partial charge < -0.3 is 9.64 Å². The third-order valence-corrected chi connectivity index (χ3v) is 6.07. The highest BCUT2D eigenvalue weighted by molar-refractivity contribution is 6.32. The zero-order chi connectivity index (χ0) is 19.6. The smallest absolute Gasteiger partial charge is 0.227 e. The minimum absolute atomic E-state index is 0.199. The number of amides is 1. The van der Waals surface area contributed by atoms with Crippen LogP contribution in [0.15, 0.2) is 18.2 Å². The zero-order valence-electron chi connectivity index (χ0n) is 17.1. The molecular formula is C22H33ClN2O2. The first-order chi connectivity index (χ1) is 12.7. The number of hydrogen-bond donors (Lipinski definition) is 0. The number of benzene rings is 1. The van der Waals surface area contributed by atoms with Crippen molar-refractivity contribution in [3.63, 3.8) is 0 Å². The Kier molecular flexibility index (Phi) is 6.37. The van der Waals surface area contributed by atoms with Gasteiger partial charge in [0.1, 0.15) is 5.75 Å². The van der Waals surface area contributed by atoms with Crippen LogP contribution >= 0.6 is 11.6 Å². The van der Waals surface area contributed by atoms with Gasteiger partial charge in [0.2, 0.25) is 5.91 Å². The van der Waals surface area contributed by atoms with E-state index in [1.54, 1.807) is 0 Å². The summed E-state index contributed by atoms with van der Waals surface area (Å²) in [4.78, 5) is 16.6. The number of rotatable bonds is 6. The monoisotopic (exact) mass is 392 g/mol. The van der Waals surface area contributed by atoms with Crippen molar-refractivity contribution >= 4 is 17.5 Å². The Bertz CT molecular complexity index is 659. The molecule has 1 aliphatic carbocycles. The fourth-order valence-electron chi connectivity index (χ4n) is 4.09. The maximum absolute atomic E-state index is 12.3. The highest BCUT2D eigenvalue weighted by Gasteiger charge is 2.34. The van der Waals surface area contributed by atoms with Crippen LogP contribution in [0, 0.1) is 11.3 Å². The molecule has 0 unspecified atom stereocenters. The lowest BCUT2D eigenvalue weighted by Gasteiger charge is -2.39. The van der Waals surface area contributed by atoms with Gasteiger partial charge in [-0.05, 0) is 56.3 Å². The molecule has 1 saturated carbocycles. The van der Waals surface area contributed by atoms with Crippen molar-refractivity contribution in [2.45, 2.75) is 59.1 Å². The lowest BCUT2D eigenvalue weighted by Crippen LogP contribution is -2.44. The Morgan fingerprint density at radius 3 is 2.56 bits per heavy atom. The van der Waals surface area contributed by atoms with Gasteiger partial charge in [-0.15, -0.1) is 0 Å². The minimum Gasteiger partial charge on any atom is -0.489 e. The van der Waals surface area contributed by atoms with E-state index in [0.29, 0.717) is 5.92 Å². The van der Waals surface area contributed by atoms with Gasteiger partial charge in [0.25, 0.3) is 0 Å². The van der Waals surface area contributed by atoms with E-state index >= 15 is 0 Å². The number of hydrogen-bond acceptors (Lipinski definition) is 3. The highest BCUT2D eigenvalue weighted by atomic mass is 35.5. The summed E-state index contributed by atoms with van der Waals surface area (Å²) in [6.07, 6.45) is 4.73. The van der Waals surface area contributed by atoms with Crippen LogP contribution in [0.4, 0.5) is 0 Å². The number of carbonyl (C=O) groups excluding carboxylic acids is 1. The molecule has 27 heavy (non-hydrogen) atoms. The van der Waals surface area contributed by atoms with Crippen molar-refractivity contribution in [2.75, 3.05) is 26.7 Å². The molecule has 4 nitrogen and oxygen atoms in total. The molecule has 150 valence electrons. The van der Waals surface area contributed by atoms with E-state index in [-0.39, 0.29) is 17.4 Å². The van der Waals surface area contributed by atoms with Gasteiger partial charge in [0, 0.05) is 25.6 Å². The summed E-state index contributed by atoms with van der Waals surface area (Å²) < 4.78 is 6.17. The molecule has 5 heteroatoms. The molecule has 0 spiro atoms. The fourth-order valence-corrected chi connectivity index (χ4v) is 4.32. The van der Waals surface area contributed by atoms with Crippen molar-refractivity contribution < 1.29 is 9.53 Å². The van der Waals surface area contributed by atoms with E-state index in [1.165, 1.54) is 12.8 Å². The Morgan fingerprint density at radius 1 is 1.26 bits per heavy atom. The van der Waals surface area contributed by atoms with Gasteiger partial charge in [-0.3, -0.25) is 9.69 Å². The van der Waals surface area contributed by atoms with Crippen LogP contribution < -0.4 is 4.74 Å². The van der Waals surface area contributed by atoms with E-state index < -0.39 is 0 Å². The molecule has 0 radical (unpaired) electrons. The van der Waals surface area contributed by atoms with Crippen LogP contribution in [0.5, 0.6) is 5.75 Å². The summed E-state index contributed by atoms with van der Waals surface area (Å²) >= 11 is 6.62. The molecule has 0 N–H and O–H groups in total. The lowest BCUT2D eigenvalue weighted by molar-refractivity contribution is -0.139. The Balaban J connectivity index is 1.49. The standard InChI is InChI=1S/C22H33ClN2O2/c1-22(2,3)21(26)24(4)14-16-12-18(13-16)27-19-9-7-8-17(20(19)23)15-25-10-5-6-11-25/h7-9,16,18H,5-6,10-15H2,1-4H3. The second kappa shape index (κ2) is 8.40. The van der Waals surface area contributed by atoms with E-state index in [4.69, 9.17) is 16.3 Å². The Morgan fingerprint density at radius 2 is 1.93 bits per heavy atom. The average molecular weight is 393 g/mol. The number of likely N-dealkylation sites (tertiary alicyclic amines) is 1. The fraction of sp³-hybridized carbons (Fsp3) is 0.682. The van der Waals surface area contributed by atoms with Crippen LogP contribution in [-0.4, -0.2) is 48.5 Å². The van der Waals surface area contributed by atoms with Gasteiger partial charge in [-0.2, -0.15) is 0 Å². The average Bonchev–Trinajstić information content (AvgIpc) is 3.07. The van der Waals surface area contributed by atoms with Crippen molar-refractivity contribution in [1.29, 1.82) is 0 Å². The van der Waals surface area contributed by atoms with Crippen molar-refractivity contribution in [2.24, 2.45) is 11.3 Å². The molecule has 1 aliphatic heterocycles. The SMILES string of the molecule is CN(CC1CC(Oc2cccc(CN3CCCC3)c2Cl)C1)C(=O)C(C)(C)C. The van der Waals surface area contributed by atoms with Crippen LogP contribution in [0.1, 0.15) is 52.0 Å². The van der Waals surface area contributed by atoms with E-state index in [1.807, 2.05) is 44.9 Å². The van der Waals surface area contributed by atoms with E-state index in [0.717, 1.165) is 55.4 Å². The normalized spacial score (nSPS) is 23.1. The predicted octanol–water partition coefficient (Wildman–Crippen LogP) is 4.60. The summed E-state index contributed by atoms with van der Waals surface area (Å²) in [6.45, 7) is 9.93. The van der Waals surface area contributed by atoms with Gasteiger partial charge in [0.15, 0.2) is 0 Å². The zero-order valence-corrected chi connectivity index (χ0v) is 17.9. The predicted molar refractivity (Wildman–Crippen MR) is 110 cm³/mol. The number of halogens is 1. The van der Waals surface area contributed by atoms with Crippen molar-refractivity contribution in [1.82, 2.24) is 9.80 Å². The first-order valence-corrected chi connectivity index (χ1v) is 10.5. The van der Waals surface area contributed by atoms with Gasteiger partial charge in [0.05, 0.1) is 11.1 Å². The molecule has 1 amide bonds. The Hall–Kier alpha value is -1.26. The second-order valence-corrected chi connectivity index (χ2v) is 9.60. The molecule has 2 fully saturated rings. The van der Waals surface area contributed by atoms with Gasteiger partial charge in [-0.25, -0.2) is 0 Å². The summed E-state index contributed by atoms with van der Waals surface area (Å²) in [5, 5.41) is 0.757. The molecular weight excluding hydrogens is 360 g/mol. The maximum Gasteiger partial charge on any atom is 0.227 e. The maximum atomic E-state index is 12.3. The van der Waals surface area contributed by atoms with Gasteiger partial charge >= 0.3 is 0 Å². The third-order valence-electron chi connectivity index (χ3n) is 5.64. The van der Waals surface area contributed by atoms with Gasteiger partial charge in [-0.1, -0.05) is 44.5 Å². The van der Waals surface area contributed by atoms with E-state index in [2.05, 4.69) is 11.0 Å². The number of ether oxygens (including phenoxy) is 1. The third kappa shape index (κ3) is 5.17. The summed E-state index contributed by atoms with van der Waals surface area (Å²) in [7, 11) is 1.90. The molecule has 1 saturated heterocycles. The largest absolute Gasteiger partial charge is 0.489 e. The number of carbonyl (C=O) groups is 1. The van der Waals surface area contributed by atoms with Crippen LogP contribution in [0.25, 0.3) is 0 Å². The van der Waals surface area contributed by atoms with Crippen LogP contribution in [0.2, 0.25) is 5.02 Å². The second-order valence-electron chi connectivity index (χ2n) is 9.23. The van der Waals surface area contributed by atoms with Crippen LogP contribution in [0.3, 0.4) is 0 Å². The first kappa shape index (κ1) is 20.5. The minimum atomic E-state index is -0.322. The first-order valence-electron chi connectivity index (χ1n) is 10.2. The van der Waals surface area contributed by atoms with Crippen molar-refractivity contribution in [3.05, 3.63) is 28.8 Å². The Labute approximate surface area is 168 Å². The quantitative estimate of drug-likeness (QED) is 0.709. The molecule has 2 aliphatic rings. The van der Waals surface area contributed by atoms with E-state index in [9.17, 15) is 4.79 Å². The molecule has 0 bridgehead atoms. The molecule has 1 heterocycles. The molecule has 1 aromatic rings. The van der Waals surface area contributed by atoms with Crippen LogP contribution in [-0.2, 0) is 11.3 Å². The lowest BCUT2D eigenvalue weighted by atomic mass is 9.81. The molecule has 0 aromatic heterocycles. The molecule has 0 atom stereocenters. The summed E-state index contributed by atoms with van der Waals surface area (Å²) in [5.41, 5.74) is 0.833. The molecule has 1 aromatic carbocycles. The summed E-state index contributed by atoms with van der Waals surface area (Å²) in [5.74, 6) is 1.51. The summed E-state index contributed by atoms with van der Waals surface area (Å²) in [6, 6.07) is 6.11. The topological polar surface area (TPSA) is 32.8 Å². The molecule has 3 rings (SSSR count).